The summed E-state index contributed by atoms with van der Waals surface area (Å²) in [6.45, 7) is 0.405. The lowest BCUT2D eigenvalue weighted by molar-refractivity contribution is 0.0945. The number of hydrogen-bond acceptors (Lipinski definition) is 6. The van der Waals surface area contributed by atoms with Gasteiger partial charge in [-0.1, -0.05) is 30.3 Å². The summed E-state index contributed by atoms with van der Waals surface area (Å²) in [5, 5.41) is 7.42. The van der Waals surface area contributed by atoms with E-state index < -0.39 is 0 Å². The Morgan fingerprint density at radius 3 is 2.32 bits per heavy atom. The minimum Gasteiger partial charge on any atom is -0.497 e. The highest BCUT2D eigenvalue weighted by molar-refractivity contribution is 7.14. The average Bonchev–Trinajstić information content (AvgIpc) is 3.20. The highest BCUT2D eigenvalue weighted by Gasteiger charge is 2.15. The number of hydrogen-bond donors (Lipinski definition) is 2. The first kappa shape index (κ1) is 19.4. The summed E-state index contributed by atoms with van der Waals surface area (Å²) < 4.78 is 10.3. The summed E-state index contributed by atoms with van der Waals surface area (Å²) >= 11 is 1.18. The molecule has 28 heavy (non-hydrogen) atoms. The van der Waals surface area contributed by atoms with Crippen molar-refractivity contribution in [3.8, 4) is 11.5 Å². The standard InChI is InChI=1S/C20H19N3O4S/c1-26-15-8-14(9-16(10-15)27-2)18(24)23-20-22-17(12-28-20)19(25)21-11-13-6-4-3-5-7-13/h3-10,12H,11H2,1-2H3,(H,21,25)(H,22,23,24). The Balaban J connectivity index is 1.64. The van der Waals surface area contributed by atoms with Crippen molar-refractivity contribution in [1.29, 1.82) is 0 Å². The third kappa shape index (κ3) is 4.86. The van der Waals surface area contributed by atoms with Gasteiger partial charge in [-0.05, 0) is 17.7 Å². The maximum absolute atomic E-state index is 12.5. The highest BCUT2D eigenvalue weighted by atomic mass is 32.1. The van der Waals surface area contributed by atoms with E-state index in [2.05, 4.69) is 15.6 Å². The Morgan fingerprint density at radius 2 is 1.68 bits per heavy atom. The van der Waals surface area contributed by atoms with E-state index in [-0.39, 0.29) is 17.5 Å². The molecular formula is C20H19N3O4S. The van der Waals surface area contributed by atoms with Crippen LogP contribution >= 0.6 is 11.3 Å². The summed E-state index contributed by atoms with van der Waals surface area (Å²) in [5.41, 5.74) is 1.60. The summed E-state index contributed by atoms with van der Waals surface area (Å²) in [5.74, 6) is 0.334. The molecule has 0 aliphatic rings. The van der Waals surface area contributed by atoms with Crippen LogP contribution in [0.15, 0.2) is 53.9 Å². The molecule has 8 heteroatoms. The largest absolute Gasteiger partial charge is 0.497 e. The summed E-state index contributed by atoms with van der Waals surface area (Å²) in [4.78, 5) is 28.9. The zero-order chi connectivity index (χ0) is 19.9. The molecule has 0 atom stereocenters. The van der Waals surface area contributed by atoms with E-state index in [1.54, 1.807) is 23.6 Å². The molecule has 0 radical (unpaired) electrons. The molecule has 0 aliphatic carbocycles. The first-order valence-electron chi connectivity index (χ1n) is 8.41. The number of ether oxygens (including phenoxy) is 2. The van der Waals surface area contributed by atoms with Gasteiger partial charge in [-0.3, -0.25) is 14.9 Å². The minimum absolute atomic E-state index is 0.249. The first-order valence-corrected chi connectivity index (χ1v) is 9.29. The van der Waals surface area contributed by atoms with Crippen molar-refractivity contribution in [3.63, 3.8) is 0 Å². The van der Waals surface area contributed by atoms with Crippen LogP contribution in [-0.2, 0) is 6.54 Å². The maximum Gasteiger partial charge on any atom is 0.271 e. The third-order valence-corrected chi connectivity index (χ3v) is 4.62. The van der Waals surface area contributed by atoms with E-state index in [0.29, 0.717) is 28.7 Å². The topological polar surface area (TPSA) is 89.6 Å². The number of amides is 2. The molecule has 2 N–H and O–H groups in total. The predicted octanol–water partition coefficient (Wildman–Crippen LogP) is 3.34. The molecule has 0 unspecified atom stereocenters. The Morgan fingerprint density at radius 1 is 1.00 bits per heavy atom. The summed E-state index contributed by atoms with van der Waals surface area (Å²) in [6.07, 6.45) is 0. The van der Waals surface area contributed by atoms with E-state index >= 15 is 0 Å². The van der Waals surface area contributed by atoms with Gasteiger partial charge in [-0.2, -0.15) is 0 Å². The lowest BCUT2D eigenvalue weighted by Crippen LogP contribution is -2.23. The Hall–Kier alpha value is -3.39. The monoisotopic (exact) mass is 397 g/mol. The Bertz CT molecular complexity index is 950. The van der Waals surface area contributed by atoms with E-state index in [0.717, 1.165) is 5.56 Å². The third-order valence-electron chi connectivity index (χ3n) is 3.87. The predicted molar refractivity (Wildman–Crippen MR) is 107 cm³/mol. The van der Waals surface area contributed by atoms with Crippen LogP contribution in [0.3, 0.4) is 0 Å². The lowest BCUT2D eigenvalue weighted by Gasteiger charge is -2.08. The van der Waals surface area contributed by atoms with Gasteiger partial charge < -0.3 is 14.8 Å². The van der Waals surface area contributed by atoms with Gasteiger partial charge in [0.25, 0.3) is 11.8 Å². The van der Waals surface area contributed by atoms with Crippen LogP contribution in [0.2, 0.25) is 0 Å². The van der Waals surface area contributed by atoms with E-state index in [1.807, 2.05) is 30.3 Å². The molecule has 0 aliphatic heterocycles. The van der Waals surface area contributed by atoms with Gasteiger partial charge in [-0.15, -0.1) is 11.3 Å². The van der Waals surface area contributed by atoms with Crippen LogP contribution in [0.1, 0.15) is 26.4 Å². The lowest BCUT2D eigenvalue weighted by atomic mass is 10.2. The molecule has 0 fully saturated rings. The van der Waals surface area contributed by atoms with E-state index in [4.69, 9.17) is 9.47 Å². The number of rotatable bonds is 7. The quantitative estimate of drug-likeness (QED) is 0.638. The fourth-order valence-corrected chi connectivity index (χ4v) is 3.10. The van der Waals surface area contributed by atoms with Crippen molar-refractivity contribution in [2.75, 3.05) is 19.5 Å². The number of methoxy groups -OCH3 is 2. The molecular weight excluding hydrogens is 378 g/mol. The van der Waals surface area contributed by atoms with E-state index in [1.165, 1.54) is 25.6 Å². The molecule has 1 heterocycles. The maximum atomic E-state index is 12.5. The fraction of sp³-hybridized carbons (Fsp3) is 0.150. The van der Waals surface area contributed by atoms with Gasteiger partial charge in [0.2, 0.25) is 0 Å². The van der Waals surface area contributed by atoms with Crippen molar-refractivity contribution < 1.29 is 19.1 Å². The van der Waals surface area contributed by atoms with Crippen LogP contribution in [0.4, 0.5) is 5.13 Å². The summed E-state index contributed by atoms with van der Waals surface area (Å²) in [6, 6.07) is 14.5. The van der Waals surface area contributed by atoms with Crippen LogP contribution in [0.25, 0.3) is 0 Å². The highest BCUT2D eigenvalue weighted by Crippen LogP contribution is 2.24. The van der Waals surface area contributed by atoms with Crippen molar-refractivity contribution in [2.45, 2.75) is 6.54 Å². The Labute approximate surface area is 166 Å². The molecule has 3 aromatic rings. The Kier molecular flexibility index (Phi) is 6.23. The minimum atomic E-state index is -0.372. The number of carbonyl (C=O) groups excluding carboxylic acids is 2. The normalized spacial score (nSPS) is 10.2. The van der Waals surface area contributed by atoms with Crippen LogP contribution in [-0.4, -0.2) is 31.0 Å². The summed E-state index contributed by atoms with van der Waals surface area (Å²) in [7, 11) is 3.02. The number of nitrogens with zero attached hydrogens (tertiary/aromatic N) is 1. The van der Waals surface area contributed by atoms with Crippen LogP contribution in [0, 0.1) is 0 Å². The molecule has 144 valence electrons. The van der Waals surface area contributed by atoms with Crippen LogP contribution < -0.4 is 20.1 Å². The molecule has 2 aromatic carbocycles. The average molecular weight is 397 g/mol. The van der Waals surface area contributed by atoms with Gasteiger partial charge in [-0.25, -0.2) is 4.98 Å². The molecule has 7 nitrogen and oxygen atoms in total. The zero-order valence-corrected chi connectivity index (χ0v) is 16.2. The van der Waals surface area contributed by atoms with Crippen molar-refractivity contribution in [1.82, 2.24) is 10.3 Å². The number of thiazole rings is 1. The molecule has 0 spiro atoms. The second kappa shape index (κ2) is 9.01. The smallest absolute Gasteiger partial charge is 0.271 e. The van der Waals surface area contributed by atoms with E-state index in [9.17, 15) is 9.59 Å². The molecule has 0 bridgehead atoms. The van der Waals surface area contributed by atoms with Gasteiger partial charge in [0, 0.05) is 23.6 Å². The molecule has 2 amide bonds. The van der Waals surface area contributed by atoms with Gasteiger partial charge >= 0.3 is 0 Å². The molecule has 3 rings (SSSR count). The SMILES string of the molecule is COc1cc(OC)cc(C(=O)Nc2nc(C(=O)NCc3ccccc3)cs2)c1. The molecule has 0 saturated heterocycles. The number of aromatic nitrogens is 1. The van der Waals surface area contributed by atoms with Gasteiger partial charge in [0.15, 0.2) is 5.13 Å². The van der Waals surface area contributed by atoms with Gasteiger partial charge in [0.1, 0.15) is 17.2 Å². The zero-order valence-electron chi connectivity index (χ0n) is 15.4. The van der Waals surface area contributed by atoms with Crippen molar-refractivity contribution >= 4 is 28.3 Å². The second-order valence-corrected chi connectivity index (χ2v) is 6.62. The molecule has 0 saturated carbocycles. The van der Waals surface area contributed by atoms with Crippen molar-refractivity contribution in [2.24, 2.45) is 0 Å². The number of anilines is 1. The number of carbonyl (C=O) groups is 2. The fourth-order valence-electron chi connectivity index (χ4n) is 2.41. The first-order chi connectivity index (χ1) is 13.6. The van der Waals surface area contributed by atoms with Crippen molar-refractivity contribution in [3.05, 3.63) is 70.7 Å². The number of nitrogens with one attached hydrogen (secondary N) is 2. The van der Waals surface area contributed by atoms with Gasteiger partial charge in [0.05, 0.1) is 14.2 Å². The molecule has 1 aromatic heterocycles. The van der Waals surface area contributed by atoms with Crippen LogP contribution in [0.5, 0.6) is 11.5 Å². The second-order valence-electron chi connectivity index (χ2n) is 5.76. The number of benzene rings is 2.